The molecule has 1 amide bonds. The van der Waals surface area contributed by atoms with E-state index in [1.807, 2.05) is 30.3 Å². The van der Waals surface area contributed by atoms with Crippen LogP contribution in [0.15, 0.2) is 54.6 Å². The maximum Gasteiger partial charge on any atom is 0.241 e. The Morgan fingerprint density at radius 2 is 1.72 bits per heavy atom. The van der Waals surface area contributed by atoms with E-state index in [4.69, 9.17) is 4.74 Å². The van der Waals surface area contributed by atoms with Crippen molar-refractivity contribution in [1.82, 2.24) is 5.32 Å². The van der Waals surface area contributed by atoms with E-state index < -0.39 is 10.0 Å². The van der Waals surface area contributed by atoms with Crippen molar-refractivity contribution in [2.45, 2.75) is 31.7 Å². The number of amides is 1. The zero-order valence-corrected chi connectivity index (χ0v) is 17.3. The minimum absolute atomic E-state index is 0.185. The fraction of sp³-hybridized carbons (Fsp3) is 0.409. The largest absolute Gasteiger partial charge is 0.457 e. The van der Waals surface area contributed by atoms with Crippen LogP contribution in [0.2, 0.25) is 0 Å². The first-order valence-electron chi connectivity index (χ1n) is 9.98. The number of hydrogen-bond acceptors (Lipinski definition) is 4. The number of hydrogen-bond donors (Lipinski definition) is 1. The summed E-state index contributed by atoms with van der Waals surface area (Å²) in [6, 6.07) is 16.3. The van der Waals surface area contributed by atoms with Gasteiger partial charge in [-0.05, 0) is 67.5 Å². The van der Waals surface area contributed by atoms with Crippen LogP contribution in [0.25, 0.3) is 0 Å². The lowest BCUT2D eigenvalue weighted by Gasteiger charge is -2.26. The fourth-order valence-corrected chi connectivity index (χ4v) is 5.37. The molecule has 2 saturated carbocycles. The first-order chi connectivity index (χ1) is 13.9. The molecule has 29 heavy (non-hydrogen) atoms. The van der Waals surface area contributed by atoms with Gasteiger partial charge in [-0.1, -0.05) is 24.6 Å². The van der Waals surface area contributed by atoms with Crippen LogP contribution in [0.1, 0.15) is 25.7 Å². The van der Waals surface area contributed by atoms with Gasteiger partial charge >= 0.3 is 0 Å². The second kappa shape index (κ2) is 8.06. The molecule has 0 radical (unpaired) electrons. The van der Waals surface area contributed by atoms with Crippen LogP contribution in [0.3, 0.4) is 0 Å². The third-order valence-electron chi connectivity index (χ3n) is 5.88. The molecular formula is C22H26N2O4S. The number of nitrogens with one attached hydrogen (secondary N) is 1. The van der Waals surface area contributed by atoms with Crippen LogP contribution in [-0.4, -0.2) is 33.2 Å². The minimum Gasteiger partial charge on any atom is -0.457 e. The van der Waals surface area contributed by atoms with Gasteiger partial charge in [0, 0.05) is 6.04 Å². The third kappa shape index (κ3) is 4.72. The summed E-state index contributed by atoms with van der Waals surface area (Å²) in [4.78, 5) is 12.6. The molecule has 0 unspecified atom stereocenters. The van der Waals surface area contributed by atoms with E-state index in [0.717, 1.165) is 23.4 Å². The van der Waals surface area contributed by atoms with Gasteiger partial charge in [-0.3, -0.25) is 9.10 Å². The van der Waals surface area contributed by atoms with E-state index in [-0.39, 0.29) is 18.5 Å². The molecule has 0 saturated heterocycles. The van der Waals surface area contributed by atoms with E-state index in [9.17, 15) is 13.2 Å². The number of carbonyl (C=O) groups excluding carboxylic acids is 1. The molecule has 2 bridgehead atoms. The molecule has 3 atom stereocenters. The van der Waals surface area contributed by atoms with Gasteiger partial charge in [0.15, 0.2) is 0 Å². The summed E-state index contributed by atoms with van der Waals surface area (Å²) in [5.74, 6) is 2.31. The zero-order chi connectivity index (χ0) is 20.4. The van der Waals surface area contributed by atoms with Crippen LogP contribution < -0.4 is 14.4 Å². The Kier molecular flexibility index (Phi) is 5.50. The maximum absolute atomic E-state index is 12.6. The van der Waals surface area contributed by atoms with Crippen molar-refractivity contribution in [2.24, 2.45) is 11.8 Å². The predicted molar refractivity (Wildman–Crippen MR) is 113 cm³/mol. The van der Waals surface area contributed by atoms with Gasteiger partial charge in [-0.2, -0.15) is 0 Å². The third-order valence-corrected chi connectivity index (χ3v) is 7.02. The molecule has 154 valence electrons. The molecule has 0 aromatic heterocycles. The Balaban J connectivity index is 1.43. The fourth-order valence-electron chi connectivity index (χ4n) is 4.51. The van der Waals surface area contributed by atoms with Crippen molar-refractivity contribution >= 4 is 21.6 Å². The SMILES string of the molecule is CS(=O)(=O)N(CC(=O)N[C@@H]1C[C@@H]2CC[C@H]1C2)c1ccc(Oc2ccccc2)cc1. The molecule has 0 heterocycles. The molecule has 0 spiro atoms. The molecule has 2 aromatic rings. The van der Waals surface area contributed by atoms with E-state index in [2.05, 4.69) is 5.32 Å². The topological polar surface area (TPSA) is 75.7 Å². The van der Waals surface area contributed by atoms with Gasteiger partial charge in [0.05, 0.1) is 11.9 Å². The Bertz CT molecular complexity index is 960. The van der Waals surface area contributed by atoms with Crippen molar-refractivity contribution in [3.8, 4) is 11.5 Å². The van der Waals surface area contributed by atoms with Gasteiger partial charge in [0.25, 0.3) is 0 Å². The van der Waals surface area contributed by atoms with E-state index in [0.29, 0.717) is 29.0 Å². The Hall–Kier alpha value is -2.54. The highest BCUT2D eigenvalue weighted by Gasteiger charge is 2.40. The summed E-state index contributed by atoms with van der Waals surface area (Å²) in [5, 5.41) is 3.06. The first kappa shape index (κ1) is 19.8. The molecule has 2 aliphatic rings. The number of rotatable bonds is 7. The summed E-state index contributed by atoms with van der Waals surface area (Å²) in [6.07, 6.45) is 5.73. The van der Waals surface area contributed by atoms with Crippen LogP contribution in [0.4, 0.5) is 5.69 Å². The number of fused-ring (bicyclic) bond motifs is 2. The lowest BCUT2D eigenvalue weighted by molar-refractivity contribution is -0.120. The number of benzene rings is 2. The molecule has 1 N–H and O–H groups in total. The van der Waals surface area contributed by atoms with Crippen LogP contribution >= 0.6 is 0 Å². The highest BCUT2D eigenvalue weighted by molar-refractivity contribution is 7.92. The average Bonchev–Trinajstić information content (AvgIpc) is 3.30. The summed E-state index contributed by atoms with van der Waals surface area (Å²) in [6.45, 7) is -0.217. The first-order valence-corrected chi connectivity index (χ1v) is 11.8. The molecule has 4 rings (SSSR count). The van der Waals surface area contributed by atoms with Crippen molar-refractivity contribution in [2.75, 3.05) is 17.1 Å². The molecular weight excluding hydrogens is 388 g/mol. The highest BCUT2D eigenvalue weighted by atomic mass is 32.2. The van der Waals surface area contributed by atoms with Crippen molar-refractivity contribution in [3.63, 3.8) is 0 Å². The monoisotopic (exact) mass is 414 g/mol. The number of anilines is 1. The standard InChI is InChI=1S/C22H26N2O4S/c1-29(26,27)24(15-22(25)23-21-14-16-7-8-17(21)13-16)18-9-11-20(12-10-18)28-19-5-3-2-4-6-19/h2-6,9-12,16-17,21H,7-8,13-15H2,1H3,(H,23,25)/t16-,17+,21-/m1/s1. The number of para-hydroxylation sites is 1. The molecule has 6 nitrogen and oxygen atoms in total. The Morgan fingerprint density at radius 3 is 2.31 bits per heavy atom. The van der Waals surface area contributed by atoms with Gasteiger partial charge in [0.1, 0.15) is 18.0 Å². The number of sulfonamides is 1. The van der Waals surface area contributed by atoms with E-state index in [1.54, 1.807) is 24.3 Å². The summed E-state index contributed by atoms with van der Waals surface area (Å²) >= 11 is 0. The lowest BCUT2D eigenvalue weighted by atomic mass is 9.95. The molecule has 0 aliphatic heterocycles. The van der Waals surface area contributed by atoms with Gasteiger partial charge in [-0.15, -0.1) is 0 Å². The van der Waals surface area contributed by atoms with Crippen LogP contribution in [-0.2, 0) is 14.8 Å². The summed E-state index contributed by atoms with van der Waals surface area (Å²) in [7, 11) is -3.60. The number of nitrogens with zero attached hydrogens (tertiary/aromatic N) is 1. The molecule has 2 fully saturated rings. The normalized spacial score (nSPS) is 23.0. The Labute approximate surface area is 171 Å². The van der Waals surface area contributed by atoms with Crippen LogP contribution in [0.5, 0.6) is 11.5 Å². The van der Waals surface area contributed by atoms with Crippen molar-refractivity contribution < 1.29 is 17.9 Å². The van der Waals surface area contributed by atoms with E-state index in [1.165, 1.54) is 12.8 Å². The highest BCUT2D eigenvalue weighted by Crippen LogP contribution is 2.44. The summed E-state index contributed by atoms with van der Waals surface area (Å²) < 4.78 is 31.5. The molecule has 7 heteroatoms. The van der Waals surface area contributed by atoms with Crippen molar-refractivity contribution in [3.05, 3.63) is 54.6 Å². The smallest absolute Gasteiger partial charge is 0.241 e. The van der Waals surface area contributed by atoms with Gasteiger partial charge in [0.2, 0.25) is 15.9 Å². The second-order valence-electron chi connectivity index (χ2n) is 8.03. The van der Waals surface area contributed by atoms with Gasteiger partial charge < -0.3 is 10.1 Å². The zero-order valence-electron chi connectivity index (χ0n) is 16.5. The lowest BCUT2D eigenvalue weighted by Crippen LogP contribution is -2.45. The average molecular weight is 415 g/mol. The van der Waals surface area contributed by atoms with Gasteiger partial charge in [-0.25, -0.2) is 8.42 Å². The number of ether oxygens (including phenoxy) is 1. The van der Waals surface area contributed by atoms with Crippen molar-refractivity contribution in [1.29, 1.82) is 0 Å². The second-order valence-corrected chi connectivity index (χ2v) is 9.93. The summed E-state index contributed by atoms with van der Waals surface area (Å²) in [5.41, 5.74) is 0.441. The minimum atomic E-state index is -3.60. The molecule has 2 aromatic carbocycles. The maximum atomic E-state index is 12.6. The van der Waals surface area contributed by atoms with E-state index >= 15 is 0 Å². The van der Waals surface area contributed by atoms with Crippen LogP contribution in [0, 0.1) is 11.8 Å². The predicted octanol–water partition coefficient (Wildman–Crippen LogP) is 3.55. The quantitative estimate of drug-likeness (QED) is 0.752. The molecule has 2 aliphatic carbocycles. The number of carbonyl (C=O) groups is 1. The Morgan fingerprint density at radius 1 is 1.03 bits per heavy atom.